The van der Waals surface area contributed by atoms with Gasteiger partial charge in [-0.2, -0.15) is 0 Å². The van der Waals surface area contributed by atoms with Crippen molar-refractivity contribution in [2.75, 3.05) is 11.8 Å². The van der Waals surface area contributed by atoms with E-state index in [1.807, 2.05) is 0 Å². The maximum atomic E-state index is 12.0. The molecule has 0 radical (unpaired) electrons. The third-order valence-electron chi connectivity index (χ3n) is 2.18. The van der Waals surface area contributed by atoms with Crippen LogP contribution < -0.4 is 5.32 Å². The molecule has 0 aliphatic carbocycles. The zero-order valence-corrected chi connectivity index (χ0v) is 12.9. The first-order chi connectivity index (χ1) is 7.91. The van der Waals surface area contributed by atoms with Crippen LogP contribution in [0.25, 0.3) is 0 Å². The number of hydrogen-bond donors (Lipinski definition) is 1. The normalized spacial score (nSPS) is 11.4. The lowest BCUT2D eigenvalue weighted by Crippen LogP contribution is -2.49. The van der Waals surface area contributed by atoms with Crippen LogP contribution in [0.4, 0.5) is 0 Å². The monoisotopic (exact) mass is 357 g/mol. The summed E-state index contributed by atoms with van der Waals surface area (Å²) in [6, 6.07) is 5.05. The van der Waals surface area contributed by atoms with Crippen molar-refractivity contribution in [3.63, 3.8) is 0 Å². The highest BCUT2D eigenvalue weighted by Crippen LogP contribution is 2.22. The van der Waals surface area contributed by atoms with E-state index in [9.17, 15) is 4.79 Å². The summed E-state index contributed by atoms with van der Waals surface area (Å²) in [6.07, 6.45) is 0. The lowest BCUT2D eigenvalue weighted by Gasteiger charge is -2.26. The molecule has 1 rings (SSSR count). The molecule has 1 N–H and O–H groups in total. The van der Waals surface area contributed by atoms with Gasteiger partial charge in [-0.05, 0) is 25.1 Å². The van der Waals surface area contributed by atoms with E-state index in [2.05, 4.69) is 21.2 Å². The average molecular weight is 359 g/mol. The molecule has 0 spiro atoms. The fraction of sp³-hybridized carbons (Fsp3) is 0.364. The Morgan fingerprint density at radius 2 is 2.00 bits per heavy atom. The highest BCUT2D eigenvalue weighted by Gasteiger charge is 2.25. The molecular weight excluding hydrogens is 348 g/mol. The average Bonchev–Trinajstić information content (AvgIpc) is 2.28. The second-order valence-corrected chi connectivity index (χ2v) is 5.76. The van der Waals surface area contributed by atoms with E-state index in [4.69, 9.17) is 34.8 Å². The molecule has 1 aromatic carbocycles. The number of rotatable bonds is 4. The predicted octanol–water partition coefficient (Wildman–Crippen LogP) is 4.07. The Morgan fingerprint density at radius 1 is 1.41 bits per heavy atom. The van der Waals surface area contributed by atoms with Gasteiger partial charge < -0.3 is 5.32 Å². The molecule has 0 aromatic heterocycles. The quantitative estimate of drug-likeness (QED) is 0.807. The van der Waals surface area contributed by atoms with Crippen LogP contribution in [0, 0.1) is 0 Å². The zero-order chi connectivity index (χ0) is 13.1. The summed E-state index contributed by atoms with van der Waals surface area (Å²) in [5.74, 6) is 0.179. The molecule has 0 fully saturated rings. The highest BCUT2D eigenvalue weighted by atomic mass is 79.9. The summed E-state index contributed by atoms with van der Waals surface area (Å²) in [5, 5.41) is 3.14. The number of nitrogens with one attached hydrogen (secondary N) is 1. The molecule has 0 aliphatic rings. The van der Waals surface area contributed by atoms with Crippen LogP contribution in [0.2, 0.25) is 5.02 Å². The smallest absolute Gasteiger partial charge is 0.253 e. The number of halogens is 4. The Bertz CT molecular complexity index is 421. The molecule has 1 amide bonds. The van der Waals surface area contributed by atoms with Crippen LogP contribution in [-0.4, -0.2) is 23.2 Å². The second kappa shape index (κ2) is 6.28. The lowest BCUT2D eigenvalue weighted by molar-refractivity contribution is 0.0921. The maximum absolute atomic E-state index is 12.0. The van der Waals surface area contributed by atoms with E-state index in [1.54, 1.807) is 25.1 Å². The summed E-state index contributed by atoms with van der Waals surface area (Å²) in [7, 11) is 0. The molecule has 0 unspecified atom stereocenters. The third kappa shape index (κ3) is 4.02. The van der Waals surface area contributed by atoms with Crippen LogP contribution >= 0.6 is 50.7 Å². The van der Waals surface area contributed by atoms with Gasteiger partial charge in [-0.3, -0.25) is 4.79 Å². The fourth-order valence-corrected chi connectivity index (χ4v) is 2.30. The molecule has 0 heterocycles. The van der Waals surface area contributed by atoms with Gasteiger partial charge in [0, 0.05) is 16.2 Å². The zero-order valence-electron chi connectivity index (χ0n) is 9.07. The van der Waals surface area contributed by atoms with E-state index < -0.39 is 5.54 Å². The Hall–Kier alpha value is 0.0400. The first kappa shape index (κ1) is 15.1. The van der Waals surface area contributed by atoms with Gasteiger partial charge in [0.15, 0.2) is 0 Å². The van der Waals surface area contributed by atoms with Gasteiger partial charge in [0.05, 0.1) is 16.1 Å². The SMILES string of the molecule is CC(CCl)(CCl)NC(=O)c1ccc(Br)cc1Cl. The van der Waals surface area contributed by atoms with Gasteiger partial charge in [0.1, 0.15) is 0 Å². The fourth-order valence-electron chi connectivity index (χ4n) is 1.12. The number of alkyl halides is 2. The summed E-state index contributed by atoms with van der Waals surface area (Å²) in [4.78, 5) is 12.0. The predicted molar refractivity (Wildman–Crippen MR) is 76.5 cm³/mol. The molecule has 0 bridgehead atoms. The maximum Gasteiger partial charge on any atom is 0.253 e. The van der Waals surface area contributed by atoms with Crippen LogP contribution in [0.15, 0.2) is 22.7 Å². The lowest BCUT2D eigenvalue weighted by atomic mass is 10.1. The molecule has 6 heteroatoms. The molecule has 94 valence electrons. The molecule has 1 aromatic rings. The van der Waals surface area contributed by atoms with Gasteiger partial charge in [-0.25, -0.2) is 0 Å². The van der Waals surface area contributed by atoms with Gasteiger partial charge in [-0.1, -0.05) is 27.5 Å². The minimum absolute atomic E-state index is 0.233. The molecule has 2 nitrogen and oxygen atoms in total. The Labute approximate surface area is 124 Å². The number of carbonyl (C=O) groups is 1. The molecule has 0 saturated heterocycles. The molecule has 17 heavy (non-hydrogen) atoms. The molecular formula is C11H11BrCl3NO. The largest absolute Gasteiger partial charge is 0.344 e. The van der Waals surface area contributed by atoms with Crippen LogP contribution in [-0.2, 0) is 0 Å². The summed E-state index contributed by atoms with van der Waals surface area (Å²) in [5.41, 5.74) is -0.243. The Morgan fingerprint density at radius 3 is 2.47 bits per heavy atom. The first-order valence-electron chi connectivity index (χ1n) is 4.81. The second-order valence-electron chi connectivity index (χ2n) is 3.91. The van der Waals surface area contributed by atoms with Crippen molar-refractivity contribution in [2.45, 2.75) is 12.5 Å². The van der Waals surface area contributed by atoms with Crippen molar-refractivity contribution >= 4 is 56.6 Å². The number of carbonyl (C=O) groups excluding carboxylic acids is 1. The number of hydrogen-bond acceptors (Lipinski definition) is 1. The van der Waals surface area contributed by atoms with Crippen molar-refractivity contribution in [1.82, 2.24) is 5.32 Å². The molecule has 0 saturated carbocycles. The summed E-state index contributed by atoms with van der Waals surface area (Å²) in [6.45, 7) is 1.78. The van der Waals surface area contributed by atoms with E-state index in [0.29, 0.717) is 10.6 Å². The van der Waals surface area contributed by atoms with Crippen molar-refractivity contribution in [2.24, 2.45) is 0 Å². The van der Waals surface area contributed by atoms with Gasteiger partial charge in [0.2, 0.25) is 0 Å². The van der Waals surface area contributed by atoms with Gasteiger partial charge in [0.25, 0.3) is 5.91 Å². The van der Waals surface area contributed by atoms with E-state index >= 15 is 0 Å². The van der Waals surface area contributed by atoms with Crippen molar-refractivity contribution in [3.05, 3.63) is 33.3 Å². The first-order valence-corrected chi connectivity index (χ1v) is 7.05. The van der Waals surface area contributed by atoms with Gasteiger partial charge >= 0.3 is 0 Å². The van der Waals surface area contributed by atoms with E-state index in [1.165, 1.54) is 0 Å². The number of amides is 1. The van der Waals surface area contributed by atoms with Crippen molar-refractivity contribution in [3.8, 4) is 0 Å². The summed E-state index contributed by atoms with van der Waals surface area (Å²) >= 11 is 20.8. The minimum Gasteiger partial charge on any atom is -0.344 e. The van der Waals surface area contributed by atoms with Crippen molar-refractivity contribution in [1.29, 1.82) is 0 Å². The third-order valence-corrected chi connectivity index (χ3v) is 4.17. The van der Waals surface area contributed by atoms with Crippen LogP contribution in [0.5, 0.6) is 0 Å². The van der Waals surface area contributed by atoms with E-state index in [-0.39, 0.29) is 17.7 Å². The van der Waals surface area contributed by atoms with Crippen LogP contribution in [0.3, 0.4) is 0 Å². The van der Waals surface area contributed by atoms with Crippen molar-refractivity contribution < 1.29 is 4.79 Å². The minimum atomic E-state index is -0.642. The van der Waals surface area contributed by atoms with Gasteiger partial charge in [-0.15, -0.1) is 23.2 Å². The van der Waals surface area contributed by atoms with Crippen LogP contribution in [0.1, 0.15) is 17.3 Å². The highest BCUT2D eigenvalue weighted by molar-refractivity contribution is 9.10. The Kier molecular flexibility index (Phi) is 5.58. The standard InChI is InChI=1S/C11H11BrCl3NO/c1-11(5-13,6-14)16-10(17)8-3-2-7(12)4-9(8)15/h2-4H,5-6H2,1H3,(H,16,17). The molecule has 0 aliphatic heterocycles. The number of benzene rings is 1. The summed E-state index contributed by atoms with van der Waals surface area (Å²) < 4.78 is 0.816. The van der Waals surface area contributed by atoms with E-state index in [0.717, 1.165) is 4.47 Å². The Balaban J connectivity index is 2.90. The molecule has 0 atom stereocenters. The topological polar surface area (TPSA) is 29.1 Å².